The molecule has 1 N–H and O–H groups in total. The first-order valence-corrected chi connectivity index (χ1v) is 9.30. The number of allylic oxidation sites excluding steroid dienone is 11. The molecule has 144 valence electrons. The fraction of sp³-hybridized carbons (Fsp3) is 0.261. The second-order valence-electron chi connectivity index (χ2n) is 6.74. The molecule has 0 aromatic rings. The summed E-state index contributed by atoms with van der Waals surface area (Å²) in [7, 11) is 2.21. The third-order valence-corrected chi connectivity index (χ3v) is 4.54. The van der Waals surface area contributed by atoms with Gasteiger partial charge >= 0.3 is 0 Å². The molecule has 4 heteroatoms. The van der Waals surface area contributed by atoms with Crippen LogP contribution in [0.2, 0.25) is 0 Å². The standard InChI is InChI=1S/C23H30NO2P/c1-6-9-12-20(11-8-3)18(4)13-14-19(10-7-2)15-21-16-23(5,17-26-27)22(25)24-21/h6-14,21H,1-4,15-17,27H2,5H3,(H,24,25)/b12-9-,14-13-,19-10+,20-11+/t21-,23+/m1/s1. The van der Waals surface area contributed by atoms with E-state index in [2.05, 4.69) is 41.1 Å². The number of hydrogen-bond acceptors (Lipinski definition) is 2. The van der Waals surface area contributed by atoms with Crippen LogP contribution in [0.4, 0.5) is 0 Å². The number of carbonyl (C=O) groups excluding carboxylic acids is 1. The first kappa shape index (κ1) is 22.8. The van der Waals surface area contributed by atoms with E-state index >= 15 is 0 Å². The fourth-order valence-electron chi connectivity index (χ4n) is 2.98. The molecule has 0 aromatic heterocycles. The van der Waals surface area contributed by atoms with Crippen molar-refractivity contribution >= 4 is 15.4 Å². The monoisotopic (exact) mass is 383 g/mol. The van der Waals surface area contributed by atoms with Crippen LogP contribution >= 0.6 is 9.47 Å². The highest BCUT2D eigenvalue weighted by atomic mass is 31.0. The van der Waals surface area contributed by atoms with Crippen molar-refractivity contribution in [1.29, 1.82) is 0 Å². The lowest BCUT2D eigenvalue weighted by atomic mass is 9.86. The van der Waals surface area contributed by atoms with E-state index in [1.54, 1.807) is 18.2 Å². The highest BCUT2D eigenvalue weighted by molar-refractivity contribution is 7.09. The summed E-state index contributed by atoms with van der Waals surface area (Å²) in [6.07, 6.45) is 18.3. The summed E-state index contributed by atoms with van der Waals surface area (Å²) >= 11 is 0. The molecule has 1 aliphatic heterocycles. The van der Waals surface area contributed by atoms with Gasteiger partial charge in [0.1, 0.15) is 0 Å². The number of hydrogen-bond donors (Lipinski definition) is 1. The minimum atomic E-state index is -0.492. The molecule has 1 fully saturated rings. The van der Waals surface area contributed by atoms with Crippen molar-refractivity contribution in [1.82, 2.24) is 5.32 Å². The summed E-state index contributed by atoms with van der Waals surface area (Å²) < 4.78 is 5.13. The Bertz CT molecular complexity index is 712. The van der Waals surface area contributed by atoms with Crippen molar-refractivity contribution in [3.8, 4) is 0 Å². The zero-order valence-corrected chi connectivity index (χ0v) is 17.3. The zero-order chi connectivity index (χ0) is 20.3. The summed E-state index contributed by atoms with van der Waals surface area (Å²) in [5.74, 6) is 0.0343. The molecule has 0 bridgehead atoms. The van der Waals surface area contributed by atoms with Gasteiger partial charge in [-0.3, -0.25) is 4.79 Å². The Morgan fingerprint density at radius 2 is 1.93 bits per heavy atom. The maximum absolute atomic E-state index is 12.3. The van der Waals surface area contributed by atoms with E-state index in [4.69, 9.17) is 4.52 Å². The fourth-order valence-corrected chi connectivity index (χ4v) is 3.35. The van der Waals surface area contributed by atoms with Crippen LogP contribution in [0.5, 0.6) is 0 Å². The van der Waals surface area contributed by atoms with Gasteiger partial charge in [0.2, 0.25) is 5.91 Å². The van der Waals surface area contributed by atoms with Gasteiger partial charge in [0, 0.05) is 15.5 Å². The van der Waals surface area contributed by atoms with Crippen LogP contribution < -0.4 is 5.32 Å². The van der Waals surface area contributed by atoms with Crippen molar-refractivity contribution in [3.63, 3.8) is 0 Å². The van der Waals surface area contributed by atoms with Gasteiger partial charge in [-0.15, -0.1) is 0 Å². The van der Waals surface area contributed by atoms with E-state index in [0.29, 0.717) is 6.61 Å². The highest BCUT2D eigenvalue weighted by Crippen LogP contribution is 2.33. The lowest BCUT2D eigenvalue weighted by molar-refractivity contribution is -0.128. The molecule has 1 saturated heterocycles. The minimum absolute atomic E-state index is 0.0343. The molecule has 0 spiro atoms. The van der Waals surface area contributed by atoms with Gasteiger partial charge in [-0.05, 0) is 36.5 Å². The number of amides is 1. The van der Waals surface area contributed by atoms with E-state index in [1.807, 2.05) is 43.4 Å². The molecule has 1 heterocycles. The van der Waals surface area contributed by atoms with Crippen LogP contribution in [0.25, 0.3) is 0 Å². The quantitative estimate of drug-likeness (QED) is 0.395. The van der Waals surface area contributed by atoms with Crippen LogP contribution in [-0.2, 0) is 9.32 Å². The molecule has 1 rings (SSSR count). The number of nitrogens with one attached hydrogen (secondary N) is 1. The molecule has 0 aliphatic carbocycles. The predicted octanol–water partition coefficient (Wildman–Crippen LogP) is 5.16. The molecule has 1 amide bonds. The van der Waals surface area contributed by atoms with E-state index in [0.717, 1.165) is 29.6 Å². The van der Waals surface area contributed by atoms with Gasteiger partial charge in [0.15, 0.2) is 0 Å². The van der Waals surface area contributed by atoms with Gasteiger partial charge in [0.25, 0.3) is 0 Å². The van der Waals surface area contributed by atoms with Crippen LogP contribution in [0, 0.1) is 5.41 Å². The highest BCUT2D eigenvalue weighted by Gasteiger charge is 2.42. The van der Waals surface area contributed by atoms with Crippen LogP contribution in [-0.4, -0.2) is 18.6 Å². The van der Waals surface area contributed by atoms with Crippen molar-refractivity contribution in [2.45, 2.75) is 25.8 Å². The third-order valence-electron chi connectivity index (χ3n) is 4.37. The maximum atomic E-state index is 12.3. The summed E-state index contributed by atoms with van der Waals surface area (Å²) in [5, 5.41) is 3.07. The van der Waals surface area contributed by atoms with Gasteiger partial charge < -0.3 is 9.84 Å². The molecule has 1 unspecified atom stereocenters. The summed E-state index contributed by atoms with van der Waals surface area (Å²) in [6.45, 7) is 17.7. The van der Waals surface area contributed by atoms with E-state index in [1.165, 1.54) is 0 Å². The van der Waals surface area contributed by atoms with E-state index in [-0.39, 0.29) is 11.9 Å². The van der Waals surface area contributed by atoms with E-state index in [9.17, 15) is 4.79 Å². The molecule has 0 aromatic carbocycles. The van der Waals surface area contributed by atoms with Gasteiger partial charge in [0.05, 0.1) is 12.0 Å². The molecular formula is C23H30NO2P. The Morgan fingerprint density at radius 1 is 1.22 bits per heavy atom. The Kier molecular flexibility index (Phi) is 9.71. The summed E-state index contributed by atoms with van der Waals surface area (Å²) in [5.41, 5.74) is 2.39. The Labute approximate surface area is 165 Å². The van der Waals surface area contributed by atoms with Crippen LogP contribution in [0.1, 0.15) is 19.8 Å². The Hall–Kier alpha value is -2.22. The maximum Gasteiger partial charge on any atom is 0.228 e. The molecule has 27 heavy (non-hydrogen) atoms. The second kappa shape index (κ2) is 11.5. The second-order valence-corrected chi connectivity index (χ2v) is 7.07. The van der Waals surface area contributed by atoms with Crippen molar-refractivity contribution < 1.29 is 9.32 Å². The minimum Gasteiger partial charge on any atom is -0.365 e. The molecule has 0 radical (unpaired) electrons. The smallest absolute Gasteiger partial charge is 0.228 e. The SMILES string of the molecule is C=C/C=C\C(=C/C=C)C(=C)/C=C\C(=C/C=C)C[C@@H]1C[C@@](C)(COP)C(=O)N1. The third kappa shape index (κ3) is 7.13. The van der Waals surface area contributed by atoms with Crippen LogP contribution in [0.15, 0.2) is 97.7 Å². The number of carbonyl (C=O) groups is 1. The topological polar surface area (TPSA) is 38.3 Å². The molecule has 0 saturated carbocycles. The van der Waals surface area contributed by atoms with Gasteiger partial charge in [-0.2, -0.15) is 0 Å². The van der Waals surface area contributed by atoms with E-state index < -0.39 is 5.41 Å². The first-order valence-electron chi connectivity index (χ1n) is 8.83. The van der Waals surface area contributed by atoms with Gasteiger partial charge in [-0.1, -0.05) is 81.0 Å². The predicted molar refractivity (Wildman–Crippen MR) is 119 cm³/mol. The molecule has 3 nitrogen and oxygen atoms in total. The van der Waals surface area contributed by atoms with Crippen molar-refractivity contribution in [3.05, 3.63) is 97.7 Å². The Balaban J connectivity index is 2.87. The average molecular weight is 383 g/mol. The average Bonchev–Trinajstić information content (AvgIpc) is 2.90. The summed E-state index contributed by atoms with van der Waals surface area (Å²) in [4.78, 5) is 12.3. The van der Waals surface area contributed by atoms with Crippen LogP contribution in [0.3, 0.4) is 0 Å². The first-order chi connectivity index (χ1) is 12.9. The van der Waals surface area contributed by atoms with Gasteiger partial charge in [-0.25, -0.2) is 0 Å². The molecule has 3 atom stereocenters. The largest absolute Gasteiger partial charge is 0.365 e. The normalized spacial score (nSPS) is 23.6. The zero-order valence-electron chi connectivity index (χ0n) is 16.1. The number of rotatable bonds is 11. The molecular weight excluding hydrogens is 353 g/mol. The van der Waals surface area contributed by atoms with Crippen molar-refractivity contribution in [2.75, 3.05) is 6.61 Å². The van der Waals surface area contributed by atoms with Crippen molar-refractivity contribution in [2.24, 2.45) is 5.41 Å². The lowest BCUT2D eigenvalue weighted by Gasteiger charge is -2.18. The Morgan fingerprint density at radius 3 is 2.52 bits per heavy atom. The molecule has 1 aliphatic rings. The lowest BCUT2D eigenvalue weighted by Crippen LogP contribution is -2.32. The summed E-state index contributed by atoms with van der Waals surface area (Å²) in [6, 6.07) is 0.0654.